The fourth-order valence-electron chi connectivity index (χ4n) is 2.66. The quantitative estimate of drug-likeness (QED) is 0.907. The molecule has 1 heterocycles. The average molecular weight is 358 g/mol. The number of aliphatic imine (C=N–C) groups is 1. The number of halogens is 1. The molecular weight excluding hydrogens is 338 g/mol. The van der Waals surface area contributed by atoms with Gasteiger partial charge in [-0.2, -0.15) is 0 Å². The van der Waals surface area contributed by atoms with Gasteiger partial charge in [-0.25, -0.2) is 0 Å². The number of guanidine groups is 1. The molecule has 1 amide bonds. The van der Waals surface area contributed by atoms with E-state index in [0.717, 1.165) is 24.4 Å². The van der Waals surface area contributed by atoms with E-state index in [1.54, 1.807) is 24.3 Å². The van der Waals surface area contributed by atoms with Gasteiger partial charge in [0.25, 0.3) is 5.91 Å². The summed E-state index contributed by atoms with van der Waals surface area (Å²) in [5.41, 5.74) is 1.47. The first-order valence-corrected chi connectivity index (χ1v) is 8.67. The molecule has 0 spiro atoms. The first-order chi connectivity index (χ1) is 12.2. The molecule has 3 rings (SSSR count). The second-order valence-electron chi connectivity index (χ2n) is 5.60. The summed E-state index contributed by atoms with van der Waals surface area (Å²) in [6, 6.07) is 14.6. The zero-order chi connectivity index (χ0) is 17.6. The minimum absolute atomic E-state index is 0.223. The van der Waals surface area contributed by atoms with Crippen molar-refractivity contribution in [3.63, 3.8) is 0 Å². The van der Waals surface area contributed by atoms with E-state index in [4.69, 9.17) is 16.3 Å². The molecule has 0 saturated heterocycles. The number of hydrogen-bond acceptors (Lipinski definition) is 4. The molecule has 0 aromatic heterocycles. The summed E-state index contributed by atoms with van der Waals surface area (Å²) in [6.07, 6.45) is 0.934. The molecule has 0 aliphatic carbocycles. The monoisotopic (exact) mass is 357 g/mol. The Kier molecular flexibility index (Phi) is 5.56. The van der Waals surface area contributed by atoms with Crippen LogP contribution in [-0.2, 0) is 0 Å². The van der Waals surface area contributed by atoms with Gasteiger partial charge >= 0.3 is 0 Å². The highest BCUT2D eigenvalue weighted by atomic mass is 35.5. The summed E-state index contributed by atoms with van der Waals surface area (Å²) in [4.78, 5) is 19.0. The smallest absolute Gasteiger partial charge is 0.258 e. The van der Waals surface area contributed by atoms with Gasteiger partial charge in [0.15, 0.2) is 0 Å². The largest absolute Gasteiger partial charge is 0.494 e. The Bertz CT molecular complexity index is 774. The molecule has 1 aliphatic rings. The summed E-state index contributed by atoms with van der Waals surface area (Å²) in [6.45, 7) is 4.07. The number of hydrogen-bond donors (Lipinski definition) is 1. The number of carbonyl (C=O) groups is 1. The van der Waals surface area contributed by atoms with Crippen LogP contribution in [0.15, 0.2) is 53.5 Å². The average Bonchev–Trinajstić information content (AvgIpc) is 2.63. The van der Waals surface area contributed by atoms with E-state index in [2.05, 4.69) is 10.3 Å². The van der Waals surface area contributed by atoms with Gasteiger partial charge in [0.2, 0.25) is 5.96 Å². The number of nitrogens with one attached hydrogen (secondary N) is 1. The predicted octanol–water partition coefficient (Wildman–Crippen LogP) is 3.73. The number of nitrogens with zero attached hydrogens (tertiary/aromatic N) is 2. The highest BCUT2D eigenvalue weighted by molar-refractivity contribution is 6.31. The maximum absolute atomic E-state index is 12.5. The third-order valence-corrected chi connectivity index (χ3v) is 4.06. The van der Waals surface area contributed by atoms with Gasteiger partial charge in [-0.1, -0.05) is 17.7 Å². The number of carbonyl (C=O) groups excluding carboxylic acids is 1. The van der Waals surface area contributed by atoms with Crippen molar-refractivity contribution in [3.05, 3.63) is 59.1 Å². The van der Waals surface area contributed by atoms with E-state index in [1.165, 1.54) is 0 Å². The van der Waals surface area contributed by atoms with Crippen LogP contribution in [0, 0.1) is 0 Å². The number of anilines is 1. The van der Waals surface area contributed by atoms with Crippen molar-refractivity contribution in [2.24, 2.45) is 4.99 Å². The van der Waals surface area contributed by atoms with Gasteiger partial charge in [0.05, 0.1) is 6.61 Å². The lowest BCUT2D eigenvalue weighted by Gasteiger charge is -2.29. The fraction of sp³-hybridized carbons (Fsp3) is 0.263. The maximum atomic E-state index is 12.5. The van der Waals surface area contributed by atoms with Gasteiger partial charge in [0.1, 0.15) is 5.75 Å². The molecular formula is C19H20ClN3O2. The van der Waals surface area contributed by atoms with Crippen molar-refractivity contribution in [1.82, 2.24) is 5.32 Å². The van der Waals surface area contributed by atoms with Crippen LogP contribution < -0.4 is 15.0 Å². The van der Waals surface area contributed by atoms with Crippen LogP contribution in [0.2, 0.25) is 5.02 Å². The molecule has 2 aromatic rings. The van der Waals surface area contributed by atoms with E-state index < -0.39 is 0 Å². The SMILES string of the molecule is CCOc1ccc(N2CCCN=C2NC(=O)c2cccc(Cl)c2)cc1. The standard InChI is InChI=1S/C19H20ClN3O2/c1-2-25-17-9-7-16(8-10-17)23-12-4-11-21-19(23)22-18(24)14-5-3-6-15(20)13-14/h3,5-10,13H,2,4,11-12H2,1H3,(H,21,22,24). The summed E-state index contributed by atoms with van der Waals surface area (Å²) in [5.74, 6) is 1.16. The second-order valence-corrected chi connectivity index (χ2v) is 6.04. The Labute approximate surface area is 152 Å². The Balaban J connectivity index is 1.77. The second kappa shape index (κ2) is 8.03. The van der Waals surface area contributed by atoms with E-state index in [0.29, 0.717) is 29.7 Å². The lowest BCUT2D eigenvalue weighted by atomic mass is 10.2. The molecule has 0 fully saturated rings. The van der Waals surface area contributed by atoms with E-state index in [9.17, 15) is 4.79 Å². The van der Waals surface area contributed by atoms with Crippen LogP contribution >= 0.6 is 11.6 Å². The van der Waals surface area contributed by atoms with Crippen molar-refractivity contribution in [1.29, 1.82) is 0 Å². The highest BCUT2D eigenvalue weighted by Crippen LogP contribution is 2.21. The van der Waals surface area contributed by atoms with Crippen LogP contribution in [-0.4, -0.2) is 31.6 Å². The minimum atomic E-state index is -0.223. The van der Waals surface area contributed by atoms with Gasteiger partial charge in [0, 0.05) is 29.4 Å². The topological polar surface area (TPSA) is 53.9 Å². The summed E-state index contributed by atoms with van der Waals surface area (Å²) < 4.78 is 5.48. The zero-order valence-electron chi connectivity index (χ0n) is 14.0. The van der Waals surface area contributed by atoms with Crippen LogP contribution in [0.3, 0.4) is 0 Å². The summed E-state index contributed by atoms with van der Waals surface area (Å²) >= 11 is 5.96. The molecule has 5 nitrogen and oxygen atoms in total. The molecule has 0 bridgehead atoms. The highest BCUT2D eigenvalue weighted by Gasteiger charge is 2.20. The predicted molar refractivity (Wildman–Crippen MR) is 101 cm³/mol. The third-order valence-electron chi connectivity index (χ3n) is 3.83. The van der Waals surface area contributed by atoms with Gasteiger partial charge in [-0.3, -0.25) is 15.1 Å². The molecule has 0 saturated carbocycles. The molecule has 25 heavy (non-hydrogen) atoms. The zero-order valence-corrected chi connectivity index (χ0v) is 14.8. The van der Waals surface area contributed by atoms with Crippen molar-refractivity contribution < 1.29 is 9.53 Å². The van der Waals surface area contributed by atoms with Crippen molar-refractivity contribution in [2.75, 3.05) is 24.6 Å². The fourth-order valence-corrected chi connectivity index (χ4v) is 2.85. The van der Waals surface area contributed by atoms with E-state index >= 15 is 0 Å². The van der Waals surface area contributed by atoms with E-state index in [1.807, 2.05) is 36.1 Å². The van der Waals surface area contributed by atoms with Crippen LogP contribution in [0.4, 0.5) is 5.69 Å². The summed E-state index contributed by atoms with van der Waals surface area (Å²) in [5, 5.41) is 3.43. The third kappa shape index (κ3) is 4.31. The Morgan fingerprint density at radius 1 is 1.28 bits per heavy atom. The molecule has 1 aliphatic heterocycles. The molecule has 2 aromatic carbocycles. The molecule has 6 heteroatoms. The maximum Gasteiger partial charge on any atom is 0.258 e. The van der Waals surface area contributed by atoms with Crippen LogP contribution in [0.25, 0.3) is 0 Å². The molecule has 0 atom stereocenters. The molecule has 0 unspecified atom stereocenters. The van der Waals surface area contributed by atoms with Crippen molar-refractivity contribution in [3.8, 4) is 5.75 Å². The first kappa shape index (κ1) is 17.3. The number of rotatable bonds is 4. The minimum Gasteiger partial charge on any atom is -0.494 e. The van der Waals surface area contributed by atoms with Crippen LogP contribution in [0.5, 0.6) is 5.75 Å². The number of benzene rings is 2. The van der Waals surface area contributed by atoms with Gasteiger partial charge < -0.3 is 9.64 Å². The van der Waals surface area contributed by atoms with E-state index in [-0.39, 0.29) is 5.91 Å². The van der Waals surface area contributed by atoms with Gasteiger partial charge in [-0.05, 0) is 55.8 Å². The first-order valence-electron chi connectivity index (χ1n) is 8.29. The van der Waals surface area contributed by atoms with Crippen molar-refractivity contribution >= 4 is 29.2 Å². The summed E-state index contributed by atoms with van der Waals surface area (Å²) in [7, 11) is 0. The van der Waals surface area contributed by atoms with Crippen LogP contribution in [0.1, 0.15) is 23.7 Å². The molecule has 0 radical (unpaired) electrons. The molecule has 130 valence electrons. The Morgan fingerprint density at radius 2 is 2.08 bits per heavy atom. The number of ether oxygens (including phenoxy) is 1. The lowest BCUT2D eigenvalue weighted by Crippen LogP contribution is -2.47. The number of amides is 1. The Morgan fingerprint density at radius 3 is 2.80 bits per heavy atom. The lowest BCUT2D eigenvalue weighted by molar-refractivity contribution is 0.0976. The normalized spacial score (nSPS) is 14.0. The molecule has 1 N–H and O–H groups in total. The Hall–Kier alpha value is -2.53. The van der Waals surface area contributed by atoms with Crippen molar-refractivity contribution in [2.45, 2.75) is 13.3 Å². The van der Waals surface area contributed by atoms with Gasteiger partial charge in [-0.15, -0.1) is 0 Å².